The maximum atomic E-state index is 5.81. The van der Waals surface area contributed by atoms with Crippen molar-refractivity contribution in [2.75, 3.05) is 26.1 Å². The minimum absolute atomic E-state index is 0.590. The molecule has 4 heteroatoms. The van der Waals surface area contributed by atoms with E-state index in [0.29, 0.717) is 29.7 Å². The van der Waals surface area contributed by atoms with Gasteiger partial charge in [-0.2, -0.15) is 0 Å². The molecule has 14 heavy (non-hydrogen) atoms. The Morgan fingerprint density at radius 1 is 1.29 bits per heavy atom. The highest BCUT2D eigenvalue weighted by atomic mass is 35.5. The predicted molar refractivity (Wildman–Crippen MR) is 57.9 cm³/mol. The number of methoxy groups -OCH3 is 1. The van der Waals surface area contributed by atoms with E-state index in [9.17, 15) is 0 Å². The molecule has 0 aliphatic carbocycles. The summed E-state index contributed by atoms with van der Waals surface area (Å²) < 4.78 is 10.3. The minimum Gasteiger partial charge on any atom is -0.493 e. The highest BCUT2D eigenvalue weighted by Crippen LogP contribution is 2.22. The second-order valence-electron chi connectivity index (χ2n) is 2.92. The number of anilines is 1. The fourth-order valence-corrected chi connectivity index (χ4v) is 1.29. The van der Waals surface area contributed by atoms with E-state index in [1.807, 2.05) is 0 Å². The van der Waals surface area contributed by atoms with Crippen molar-refractivity contribution in [3.63, 3.8) is 0 Å². The molecule has 0 bridgehead atoms. The van der Waals surface area contributed by atoms with Crippen molar-refractivity contribution in [3.05, 3.63) is 23.2 Å². The Labute approximate surface area is 88.8 Å². The largest absolute Gasteiger partial charge is 0.493 e. The first-order valence-corrected chi connectivity index (χ1v) is 4.78. The van der Waals surface area contributed by atoms with Gasteiger partial charge in [0.25, 0.3) is 0 Å². The van der Waals surface area contributed by atoms with Crippen LogP contribution in [-0.2, 0) is 4.74 Å². The third-order valence-corrected chi connectivity index (χ3v) is 1.87. The monoisotopic (exact) mass is 215 g/mol. The maximum Gasteiger partial charge on any atom is 0.122 e. The smallest absolute Gasteiger partial charge is 0.122 e. The minimum atomic E-state index is 0.590. The van der Waals surface area contributed by atoms with Crippen LogP contribution in [0.25, 0.3) is 0 Å². The SMILES string of the molecule is COCCCOc1cc(N)cc(Cl)c1. The molecule has 0 saturated carbocycles. The first kappa shape index (κ1) is 11.1. The van der Waals surface area contributed by atoms with E-state index in [0.717, 1.165) is 6.42 Å². The van der Waals surface area contributed by atoms with Gasteiger partial charge in [-0.15, -0.1) is 0 Å². The van der Waals surface area contributed by atoms with Crippen LogP contribution in [-0.4, -0.2) is 20.3 Å². The molecule has 0 atom stereocenters. The highest BCUT2D eigenvalue weighted by Gasteiger charge is 1.97. The van der Waals surface area contributed by atoms with Crippen LogP contribution < -0.4 is 10.5 Å². The number of halogens is 1. The molecule has 3 nitrogen and oxygen atoms in total. The van der Waals surface area contributed by atoms with Crippen molar-refractivity contribution in [3.8, 4) is 5.75 Å². The summed E-state index contributed by atoms with van der Waals surface area (Å²) in [4.78, 5) is 0. The number of nitrogens with two attached hydrogens (primary N) is 1. The zero-order chi connectivity index (χ0) is 10.4. The molecule has 0 radical (unpaired) electrons. The van der Waals surface area contributed by atoms with Gasteiger partial charge in [0.05, 0.1) is 6.61 Å². The van der Waals surface area contributed by atoms with Crippen LogP contribution in [0.5, 0.6) is 5.75 Å². The Kier molecular flexibility index (Phi) is 4.56. The van der Waals surface area contributed by atoms with Gasteiger partial charge >= 0.3 is 0 Å². The van der Waals surface area contributed by atoms with E-state index in [1.165, 1.54) is 0 Å². The molecule has 0 saturated heterocycles. The zero-order valence-electron chi connectivity index (χ0n) is 8.13. The number of hydrogen-bond acceptors (Lipinski definition) is 3. The first-order chi connectivity index (χ1) is 6.72. The molecule has 0 spiro atoms. The predicted octanol–water partition coefficient (Wildman–Crippen LogP) is 2.34. The van der Waals surface area contributed by atoms with Crippen LogP contribution in [0.4, 0.5) is 5.69 Å². The summed E-state index contributed by atoms with van der Waals surface area (Å²) in [5.74, 6) is 0.700. The van der Waals surface area contributed by atoms with Gasteiger partial charge in [0.15, 0.2) is 0 Å². The van der Waals surface area contributed by atoms with Crippen LogP contribution in [0, 0.1) is 0 Å². The number of ether oxygens (including phenoxy) is 2. The molecule has 0 fully saturated rings. The average Bonchev–Trinajstić information content (AvgIpc) is 2.11. The summed E-state index contributed by atoms with van der Waals surface area (Å²) in [6.45, 7) is 1.30. The van der Waals surface area contributed by atoms with Gasteiger partial charge in [-0.3, -0.25) is 0 Å². The van der Waals surface area contributed by atoms with E-state index in [2.05, 4.69) is 0 Å². The Morgan fingerprint density at radius 3 is 2.71 bits per heavy atom. The Morgan fingerprint density at radius 2 is 2.07 bits per heavy atom. The van der Waals surface area contributed by atoms with Gasteiger partial charge in [0.2, 0.25) is 0 Å². The molecule has 1 aromatic carbocycles. The second kappa shape index (κ2) is 5.73. The Balaban J connectivity index is 2.42. The molecule has 0 heterocycles. The summed E-state index contributed by atoms with van der Waals surface area (Å²) >= 11 is 5.81. The number of hydrogen-bond donors (Lipinski definition) is 1. The molecule has 2 N–H and O–H groups in total. The fourth-order valence-electron chi connectivity index (χ4n) is 1.06. The van der Waals surface area contributed by atoms with Gasteiger partial charge in [0, 0.05) is 36.9 Å². The topological polar surface area (TPSA) is 44.5 Å². The van der Waals surface area contributed by atoms with Crippen molar-refractivity contribution < 1.29 is 9.47 Å². The second-order valence-corrected chi connectivity index (χ2v) is 3.35. The van der Waals surface area contributed by atoms with E-state index >= 15 is 0 Å². The van der Waals surface area contributed by atoms with Gasteiger partial charge in [-0.05, 0) is 12.1 Å². The summed E-state index contributed by atoms with van der Waals surface area (Å²) in [5.41, 5.74) is 6.21. The number of rotatable bonds is 5. The number of benzene rings is 1. The van der Waals surface area contributed by atoms with Crippen LogP contribution in [0.1, 0.15) is 6.42 Å². The summed E-state index contributed by atoms with van der Waals surface area (Å²) in [5, 5.41) is 0.590. The van der Waals surface area contributed by atoms with E-state index in [4.69, 9.17) is 26.8 Å². The van der Waals surface area contributed by atoms with Gasteiger partial charge in [-0.1, -0.05) is 11.6 Å². The van der Waals surface area contributed by atoms with Gasteiger partial charge < -0.3 is 15.2 Å². The maximum absolute atomic E-state index is 5.81. The Hall–Kier alpha value is -0.930. The van der Waals surface area contributed by atoms with Crippen molar-refractivity contribution in [1.29, 1.82) is 0 Å². The summed E-state index contributed by atoms with van der Waals surface area (Å²) in [7, 11) is 1.66. The molecule has 1 rings (SSSR count). The zero-order valence-corrected chi connectivity index (χ0v) is 8.88. The van der Waals surface area contributed by atoms with E-state index in [1.54, 1.807) is 25.3 Å². The van der Waals surface area contributed by atoms with E-state index < -0.39 is 0 Å². The van der Waals surface area contributed by atoms with Crippen molar-refractivity contribution >= 4 is 17.3 Å². The molecule has 1 aromatic rings. The molecule has 0 unspecified atom stereocenters. The van der Waals surface area contributed by atoms with Crippen molar-refractivity contribution in [2.45, 2.75) is 6.42 Å². The van der Waals surface area contributed by atoms with Crippen LogP contribution in [0.3, 0.4) is 0 Å². The third kappa shape index (κ3) is 3.85. The van der Waals surface area contributed by atoms with Gasteiger partial charge in [-0.25, -0.2) is 0 Å². The lowest BCUT2D eigenvalue weighted by molar-refractivity contribution is 0.172. The van der Waals surface area contributed by atoms with Crippen LogP contribution >= 0.6 is 11.6 Å². The van der Waals surface area contributed by atoms with Crippen molar-refractivity contribution in [1.82, 2.24) is 0 Å². The first-order valence-electron chi connectivity index (χ1n) is 4.40. The molecule has 0 aliphatic heterocycles. The molecule has 0 aliphatic rings. The lowest BCUT2D eigenvalue weighted by Gasteiger charge is -2.06. The number of nitrogen functional groups attached to an aromatic ring is 1. The van der Waals surface area contributed by atoms with E-state index in [-0.39, 0.29) is 0 Å². The molecule has 78 valence electrons. The average molecular weight is 216 g/mol. The fraction of sp³-hybridized carbons (Fsp3) is 0.400. The molecule has 0 aromatic heterocycles. The lowest BCUT2D eigenvalue weighted by Crippen LogP contribution is -2.01. The summed E-state index contributed by atoms with van der Waals surface area (Å²) in [6.07, 6.45) is 0.850. The van der Waals surface area contributed by atoms with Crippen LogP contribution in [0.15, 0.2) is 18.2 Å². The molecule has 0 amide bonds. The lowest BCUT2D eigenvalue weighted by atomic mass is 10.3. The van der Waals surface area contributed by atoms with Crippen molar-refractivity contribution in [2.24, 2.45) is 0 Å². The summed E-state index contributed by atoms with van der Waals surface area (Å²) in [6, 6.07) is 5.17. The highest BCUT2D eigenvalue weighted by molar-refractivity contribution is 6.31. The standard InChI is InChI=1S/C10H14ClNO2/c1-13-3-2-4-14-10-6-8(11)5-9(12)7-10/h5-7H,2-4,12H2,1H3. The molecular formula is C10H14ClNO2. The van der Waals surface area contributed by atoms with Gasteiger partial charge in [0.1, 0.15) is 5.75 Å². The molecular weight excluding hydrogens is 202 g/mol. The third-order valence-electron chi connectivity index (χ3n) is 1.66. The normalized spacial score (nSPS) is 10.1. The quantitative estimate of drug-likeness (QED) is 0.606. The van der Waals surface area contributed by atoms with Crippen LogP contribution in [0.2, 0.25) is 5.02 Å². The Bertz CT molecular complexity index is 271.